The molecule has 2 rings (SSSR count). The first-order chi connectivity index (χ1) is 10.1. The Bertz CT molecular complexity index is 596. The minimum Gasteiger partial charge on any atom is -0.369 e. The van der Waals surface area contributed by atoms with Crippen LogP contribution in [-0.4, -0.2) is 31.4 Å². The molecular formula is C14H19N5OS. The molecule has 0 aliphatic rings. The highest BCUT2D eigenvalue weighted by atomic mass is 32.2. The molecule has 112 valence electrons. The first-order valence-electron chi connectivity index (χ1n) is 6.95. The third kappa shape index (κ3) is 4.04. The Hall–Kier alpha value is -1.89. The van der Waals surface area contributed by atoms with Crippen LogP contribution in [0, 0.1) is 0 Å². The number of unbranched alkanes of at least 4 members (excludes halogenated alkanes) is 1. The van der Waals surface area contributed by atoms with Gasteiger partial charge in [-0.15, -0.1) is 5.10 Å². The van der Waals surface area contributed by atoms with Gasteiger partial charge in [0, 0.05) is 0 Å². The van der Waals surface area contributed by atoms with Crippen molar-refractivity contribution in [1.82, 2.24) is 20.2 Å². The molecule has 1 aromatic carbocycles. The summed E-state index contributed by atoms with van der Waals surface area (Å²) in [5, 5.41) is 11.8. The van der Waals surface area contributed by atoms with Gasteiger partial charge in [-0.25, -0.2) is 0 Å². The molecule has 6 nitrogen and oxygen atoms in total. The Balaban J connectivity index is 2.15. The molecular weight excluding hydrogens is 286 g/mol. The monoisotopic (exact) mass is 305 g/mol. The second kappa shape index (κ2) is 7.21. The van der Waals surface area contributed by atoms with Crippen molar-refractivity contribution >= 4 is 17.7 Å². The quantitative estimate of drug-likeness (QED) is 0.790. The zero-order valence-corrected chi connectivity index (χ0v) is 13.0. The molecule has 0 radical (unpaired) electrons. The summed E-state index contributed by atoms with van der Waals surface area (Å²) in [6, 6.07) is 8.14. The van der Waals surface area contributed by atoms with Gasteiger partial charge in [0.2, 0.25) is 11.1 Å². The van der Waals surface area contributed by atoms with Crippen LogP contribution in [0.5, 0.6) is 0 Å². The highest BCUT2D eigenvalue weighted by Gasteiger charge is 2.16. The molecule has 7 heteroatoms. The summed E-state index contributed by atoms with van der Waals surface area (Å²) in [6.45, 7) is 3.92. The van der Waals surface area contributed by atoms with E-state index in [4.69, 9.17) is 5.73 Å². The van der Waals surface area contributed by atoms with Crippen molar-refractivity contribution in [3.8, 4) is 5.69 Å². The number of nitrogens with two attached hydrogens (primary N) is 1. The fourth-order valence-electron chi connectivity index (χ4n) is 1.82. The first kappa shape index (κ1) is 15.5. The molecule has 0 aliphatic heterocycles. The van der Waals surface area contributed by atoms with Crippen LogP contribution in [0.15, 0.2) is 29.4 Å². The number of thioether (sulfide) groups is 1. The maximum atomic E-state index is 11.1. The smallest absolute Gasteiger partial charge is 0.230 e. The first-order valence-corrected chi connectivity index (χ1v) is 7.83. The molecule has 0 aliphatic carbocycles. The number of hydrogen-bond acceptors (Lipinski definition) is 5. The van der Waals surface area contributed by atoms with Crippen LogP contribution < -0.4 is 5.73 Å². The fraction of sp³-hybridized carbons (Fsp3) is 0.429. The molecule has 0 saturated heterocycles. The number of rotatable bonds is 7. The van der Waals surface area contributed by atoms with Gasteiger partial charge in [0.1, 0.15) is 0 Å². The number of primary amides is 1. The summed E-state index contributed by atoms with van der Waals surface area (Å²) in [4.78, 5) is 11.1. The van der Waals surface area contributed by atoms with Crippen LogP contribution in [0.4, 0.5) is 0 Å². The lowest BCUT2D eigenvalue weighted by Crippen LogP contribution is -2.23. The van der Waals surface area contributed by atoms with Gasteiger partial charge in [0.05, 0.1) is 10.9 Å². The zero-order valence-electron chi connectivity index (χ0n) is 12.2. The number of hydrogen-bond donors (Lipinski definition) is 1. The van der Waals surface area contributed by atoms with Gasteiger partial charge in [0.15, 0.2) is 0 Å². The summed E-state index contributed by atoms with van der Waals surface area (Å²) in [7, 11) is 0. The minimum atomic E-state index is -0.385. The van der Waals surface area contributed by atoms with E-state index < -0.39 is 0 Å². The normalized spacial score (nSPS) is 12.3. The van der Waals surface area contributed by atoms with E-state index >= 15 is 0 Å². The Morgan fingerprint density at radius 3 is 2.71 bits per heavy atom. The Morgan fingerprint density at radius 1 is 1.38 bits per heavy atom. The summed E-state index contributed by atoms with van der Waals surface area (Å²) >= 11 is 1.25. The molecule has 2 aromatic rings. The topological polar surface area (TPSA) is 86.7 Å². The van der Waals surface area contributed by atoms with Gasteiger partial charge >= 0.3 is 0 Å². The standard InChI is InChI=1S/C14H19N5OS/c1-3-4-5-11-6-8-12(9-7-11)19-14(16-17-18-19)21-10(2)13(15)20/h6-10H,3-5H2,1-2H3,(H2,15,20). The lowest BCUT2D eigenvalue weighted by Gasteiger charge is -2.08. The van der Waals surface area contributed by atoms with Crippen molar-refractivity contribution in [2.75, 3.05) is 0 Å². The Labute approximate surface area is 128 Å². The summed E-state index contributed by atoms with van der Waals surface area (Å²) in [5.41, 5.74) is 7.44. The van der Waals surface area contributed by atoms with Crippen molar-refractivity contribution in [2.45, 2.75) is 43.5 Å². The number of benzene rings is 1. The molecule has 1 aromatic heterocycles. The number of amides is 1. The third-order valence-corrected chi connectivity index (χ3v) is 4.17. The lowest BCUT2D eigenvalue weighted by molar-refractivity contribution is -0.117. The molecule has 1 atom stereocenters. The number of aromatic nitrogens is 4. The maximum Gasteiger partial charge on any atom is 0.230 e. The van der Waals surface area contributed by atoms with E-state index in [0.717, 1.165) is 12.1 Å². The summed E-state index contributed by atoms with van der Waals surface area (Å²) in [5.74, 6) is -0.385. The molecule has 0 spiro atoms. The Morgan fingerprint density at radius 2 is 2.10 bits per heavy atom. The van der Waals surface area contributed by atoms with E-state index in [9.17, 15) is 4.79 Å². The second-order valence-corrected chi connectivity index (χ2v) is 6.11. The summed E-state index contributed by atoms with van der Waals surface area (Å²) < 4.78 is 1.62. The van der Waals surface area contributed by atoms with Crippen LogP contribution in [0.1, 0.15) is 32.3 Å². The predicted molar refractivity (Wildman–Crippen MR) is 82.3 cm³/mol. The van der Waals surface area contributed by atoms with Gasteiger partial charge in [-0.3, -0.25) is 4.79 Å². The predicted octanol–water partition coefficient (Wildman–Crippen LogP) is 1.97. The molecule has 0 fully saturated rings. The third-order valence-electron chi connectivity index (χ3n) is 3.12. The molecule has 21 heavy (non-hydrogen) atoms. The molecule has 1 amide bonds. The molecule has 0 saturated carbocycles. The van der Waals surface area contributed by atoms with Gasteiger partial charge < -0.3 is 5.73 Å². The van der Waals surface area contributed by atoms with E-state index in [-0.39, 0.29) is 11.2 Å². The van der Waals surface area contributed by atoms with E-state index in [0.29, 0.717) is 5.16 Å². The summed E-state index contributed by atoms with van der Waals surface area (Å²) in [6.07, 6.45) is 3.44. The van der Waals surface area contributed by atoms with E-state index in [1.54, 1.807) is 11.6 Å². The number of nitrogens with zero attached hydrogens (tertiary/aromatic N) is 4. The van der Waals surface area contributed by atoms with Crippen molar-refractivity contribution in [3.05, 3.63) is 29.8 Å². The molecule has 2 N–H and O–H groups in total. The van der Waals surface area contributed by atoms with Gasteiger partial charge in [-0.05, 0) is 47.9 Å². The van der Waals surface area contributed by atoms with E-state index in [1.165, 1.54) is 30.2 Å². The largest absolute Gasteiger partial charge is 0.369 e. The van der Waals surface area contributed by atoms with Gasteiger partial charge in [0.25, 0.3) is 0 Å². The highest BCUT2D eigenvalue weighted by molar-refractivity contribution is 8.00. The van der Waals surface area contributed by atoms with E-state index in [1.807, 2.05) is 12.1 Å². The zero-order chi connectivity index (χ0) is 15.2. The molecule has 0 bridgehead atoms. The van der Waals surface area contributed by atoms with Crippen LogP contribution in [0.25, 0.3) is 5.69 Å². The van der Waals surface area contributed by atoms with Crippen molar-refractivity contribution in [1.29, 1.82) is 0 Å². The Kier molecular flexibility index (Phi) is 5.32. The van der Waals surface area contributed by atoms with Gasteiger partial charge in [-0.2, -0.15) is 4.68 Å². The second-order valence-electron chi connectivity index (χ2n) is 4.81. The minimum absolute atomic E-state index is 0.376. The number of tetrazole rings is 1. The van der Waals surface area contributed by atoms with Crippen LogP contribution in [0.2, 0.25) is 0 Å². The molecule has 1 unspecified atom stereocenters. The van der Waals surface area contributed by atoms with Crippen molar-refractivity contribution < 1.29 is 4.79 Å². The number of carbonyl (C=O) groups is 1. The van der Waals surface area contributed by atoms with Crippen LogP contribution >= 0.6 is 11.8 Å². The maximum absolute atomic E-state index is 11.1. The average Bonchev–Trinajstić information content (AvgIpc) is 2.93. The fourth-order valence-corrected chi connectivity index (χ4v) is 2.57. The number of carbonyl (C=O) groups excluding carboxylic acids is 1. The van der Waals surface area contributed by atoms with Crippen molar-refractivity contribution in [2.24, 2.45) is 5.73 Å². The number of aryl methyl sites for hydroxylation is 1. The lowest BCUT2D eigenvalue weighted by atomic mass is 10.1. The average molecular weight is 305 g/mol. The highest BCUT2D eigenvalue weighted by Crippen LogP contribution is 2.22. The van der Waals surface area contributed by atoms with E-state index in [2.05, 4.69) is 34.6 Å². The SMILES string of the molecule is CCCCc1ccc(-n2nnnc2SC(C)C(N)=O)cc1. The molecule has 1 heterocycles. The van der Waals surface area contributed by atoms with Crippen molar-refractivity contribution in [3.63, 3.8) is 0 Å². The van der Waals surface area contributed by atoms with Crippen LogP contribution in [0.3, 0.4) is 0 Å². The van der Waals surface area contributed by atoms with Gasteiger partial charge in [-0.1, -0.05) is 37.2 Å². The van der Waals surface area contributed by atoms with Crippen LogP contribution in [-0.2, 0) is 11.2 Å².